The summed E-state index contributed by atoms with van der Waals surface area (Å²) in [5.74, 6) is 0. The van der Waals surface area contributed by atoms with Crippen molar-refractivity contribution in [2.24, 2.45) is 5.73 Å². The molecule has 1 aromatic carbocycles. The first-order valence-electron chi connectivity index (χ1n) is 5.39. The maximum Gasteiger partial charge on any atom is 0.0542 e. The number of nitrogens with two attached hydrogens (primary N) is 1. The van der Waals surface area contributed by atoms with Gasteiger partial charge >= 0.3 is 0 Å². The van der Waals surface area contributed by atoms with Crippen molar-refractivity contribution < 1.29 is 0 Å². The van der Waals surface area contributed by atoms with E-state index in [-0.39, 0.29) is 4.75 Å². The lowest BCUT2D eigenvalue weighted by Gasteiger charge is -2.26. The van der Waals surface area contributed by atoms with Crippen LogP contribution in [0.4, 0.5) is 0 Å². The standard InChI is InChI=1S/C12H16ClNS/c13-10-5-1-2-6-11(10)15-12(9-14)7-3-4-8-12/h1-2,5-6H,3-4,7-9,14H2. The highest BCUT2D eigenvalue weighted by Gasteiger charge is 2.33. The van der Waals surface area contributed by atoms with Gasteiger partial charge in [0.05, 0.1) is 5.02 Å². The molecular formula is C12H16ClNS. The van der Waals surface area contributed by atoms with E-state index in [1.807, 2.05) is 30.0 Å². The molecule has 0 amide bonds. The molecule has 1 fully saturated rings. The Morgan fingerprint density at radius 2 is 1.93 bits per heavy atom. The molecule has 0 saturated heterocycles. The molecule has 1 aromatic rings. The summed E-state index contributed by atoms with van der Waals surface area (Å²) in [6.07, 6.45) is 5.04. The number of rotatable bonds is 3. The topological polar surface area (TPSA) is 26.0 Å². The number of hydrogen-bond acceptors (Lipinski definition) is 2. The van der Waals surface area contributed by atoms with Crippen LogP contribution in [0.1, 0.15) is 25.7 Å². The Balaban J connectivity index is 2.16. The van der Waals surface area contributed by atoms with Crippen LogP contribution in [0, 0.1) is 0 Å². The van der Waals surface area contributed by atoms with Crippen LogP contribution in [0.3, 0.4) is 0 Å². The lowest BCUT2D eigenvalue weighted by Crippen LogP contribution is -2.30. The molecule has 0 aromatic heterocycles. The van der Waals surface area contributed by atoms with E-state index in [2.05, 4.69) is 6.07 Å². The maximum atomic E-state index is 6.16. The normalized spacial score (nSPS) is 19.3. The highest BCUT2D eigenvalue weighted by molar-refractivity contribution is 8.00. The van der Waals surface area contributed by atoms with Crippen LogP contribution in [-0.2, 0) is 0 Å². The van der Waals surface area contributed by atoms with Gasteiger partial charge in [-0.1, -0.05) is 36.6 Å². The minimum Gasteiger partial charge on any atom is -0.329 e. The fraction of sp³-hybridized carbons (Fsp3) is 0.500. The molecule has 0 unspecified atom stereocenters. The maximum absolute atomic E-state index is 6.16. The van der Waals surface area contributed by atoms with Crippen molar-refractivity contribution in [1.82, 2.24) is 0 Å². The Morgan fingerprint density at radius 3 is 2.53 bits per heavy atom. The lowest BCUT2D eigenvalue weighted by molar-refractivity contribution is 0.619. The van der Waals surface area contributed by atoms with Crippen molar-refractivity contribution >= 4 is 23.4 Å². The first kappa shape index (κ1) is 11.3. The van der Waals surface area contributed by atoms with Crippen LogP contribution in [0.2, 0.25) is 5.02 Å². The molecule has 2 N–H and O–H groups in total. The lowest BCUT2D eigenvalue weighted by atomic mass is 10.1. The monoisotopic (exact) mass is 241 g/mol. The zero-order valence-electron chi connectivity index (χ0n) is 8.71. The molecule has 0 aliphatic heterocycles. The van der Waals surface area contributed by atoms with Crippen molar-refractivity contribution in [3.63, 3.8) is 0 Å². The molecule has 0 heterocycles. The van der Waals surface area contributed by atoms with Crippen molar-refractivity contribution in [3.8, 4) is 0 Å². The predicted octanol–water partition coefficient (Wildman–Crippen LogP) is 3.70. The average molecular weight is 242 g/mol. The molecule has 0 atom stereocenters. The van der Waals surface area contributed by atoms with Gasteiger partial charge in [0.1, 0.15) is 0 Å². The molecule has 0 bridgehead atoms. The zero-order valence-corrected chi connectivity index (χ0v) is 10.3. The van der Waals surface area contributed by atoms with Crippen LogP contribution in [0.5, 0.6) is 0 Å². The van der Waals surface area contributed by atoms with E-state index in [1.54, 1.807) is 0 Å². The van der Waals surface area contributed by atoms with E-state index in [0.717, 1.165) is 11.6 Å². The predicted molar refractivity (Wildman–Crippen MR) is 67.6 cm³/mol. The van der Waals surface area contributed by atoms with Crippen LogP contribution in [0.25, 0.3) is 0 Å². The molecule has 82 valence electrons. The Bertz CT molecular complexity index is 334. The molecule has 3 heteroatoms. The van der Waals surface area contributed by atoms with E-state index in [9.17, 15) is 0 Å². The zero-order chi connectivity index (χ0) is 10.7. The second-order valence-corrected chi connectivity index (χ2v) is 6.04. The third-order valence-electron chi connectivity index (χ3n) is 3.05. The summed E-state index contributed by atoms with van der Waals surface area (Å²) in [4.78, 5) is 1.17. The summed E-state index contributed by atoms with van der Waals surface area (Å²) >= 11 is 8.03. The molecule has 1 aliphatic carbocycles. The van der Waals surface area contributed by atoms with E-state index in [4.69, 9.17) is 17.3 Å². The number of hydrogen-bond donors (Lipinski definition) is 1. The van der Waals surface area contributed by atoms with E-state index in [0.29, 0.717) is 0 Å². The van der Waals surface area contributed by atoms with Gasteiger partial charge < -0.3 is 5.73 Å². The molecule has 2 rings (SSSR count). The van der Waals surface area contributed by atoms with Gasteiger partial charge in [-0.2, -0.15) is 0 Å². The van der Waals surface area contributed by atoms with Crippen LogP contribution >= 0.6 is 23.4 Å². The minimum atomic E-state index is 0.241. The molecule has 0 radical (unpaired) electrons. The Hall–Kier alpha value is -0.180. The smallest absolute Gasteiger partial charge is 0.0542 e. The quantitative estimate of drug-likeness (QED) is 0.873. The number of benzene rings is 1. The van der Waals surface area contributed by atoms with Gasteiger partial charge in [-0.15, -0.1) is 11.8 Å². The van der Waals surface area contributed by atoms with Gasteiger partial charge in [-0.05, 0) is 25.0 Å². The van der Waals surface area contributed by atoms with E-state index in [1.165, 1.54) is 30.6 Å². The molecule has 0 spiro atoms. The van der Waals surface area contributed by atoms with Crippen molar-refractivity contribution in [3.05, 3.63) is 29.3 Å². The van der Waals surface area contributed by atoms with Gasteiger partial charge in [-0.25, -0.2) is 0 Å². The van der Waals surface area contributed by atoms with Crippen molar-refractivity contribution in [2.75, 3.05) is 6.54 Å². The highest BCUT2D eigenvalue weighted by Crippen LogP contribution is 2.46. The Kier molecular flexibility index (Phi) is 3.60. The third kappa shape index (κ3) is 2.49. The van der Waals surface area contributed by atoms with Gasteiger partial charge in [0.15, 0.2) is 0 Å². The summed E-state index contributed by atoms with van der Waals surface area (Å²) in [7, 11) is 0. The SMILES string of the molecule is NCC1(Sc2ccccc2Cl)CCCC1. The highest BCUT2D eigenvalue weighted by atomic mass is 35.5. The van der Waals surface area contributed by atoms with Crippen LogP contribution in [0.15, 0.2) is 29.2 Å². The summed E-state index contributed by atoms with van der Waals surface area (Å²) in [6.45, 7) is 0.753. The molecular weight excluding hydrogens is 226 g/mol. The third-order valence-corrected chi connectivity index (χ3v) is 5.08. The van der Waals surface area contributed by atoms with Crippen LogP contribution in [-0.4, -0.2) is 11.3 Å². The Labute approximate surface area is 100 Å². The molecule has 1 aliphatic rings. The van der Waals surface area contributed by atoms with E-state index >= 15 is 0 Å². The van der Waals surface area contributed by atoms with Gasteiger partial charge in [0.25, 0.3) is 0 Å². The van der Waals surface area contributed by atoms with Crippen molar-refractivity contribution in [2.45, 2.75) is 35.3 Å². The molecule has 1 nitrogen and oxygen atoms in total. The minimum absolute atomic E-state index is 0.241. The number of halogens is 1. The van der Waals surface area contributed by atoms with Crippen LogP contribution < -0.4 is 5.73 Å². The van der Waals surface area contributed by atoms with Gasteiger partial charge in [-0.3, -0.25) is 0 Å². The first-order chi connectivity index (χ1) is 7.26. The molecule has 1 saturated carbocycles. The second kappa shape index (κ2) is 4.77. The fourth-order valence-electron chi connectivity index (χ4n) is 2.13. The first-order valence-corrected chi connectivity index (χ1v) is 6.59. The summed E-state index contributed by atoms with van der Waals surface area (Å²) in [5, 5.41) is 0.849. The van der Waals surface area contributed by atoms with E-state index < -0.39 is 0 Å². The average Bonchev–Trinajstić information content (AvgIpc) is 2.71. The largest absolute Gasteiger partial charge is 0.329 e. The van der Waals surface area contributed by atoms with Gasteiger partial charge in [0, 0.05) is 16.2 Å². The summed E-state index contributed by atoms with van der Waals surface area (Å²) in [6, 6.07) is 8.04. The van der Waals surface area contributed by atoms with Gasteiger partial charge in [0.2, 0.25) is 0 Å². The number of thioether (sulfide) groups is 1. The summed E-state index contributed by atoms with van der Waals surface area (Å²) < 4.78 is 0.241. The fourth-order valence-corrected chi connectivity index (χ4v) is 3.73. The summed E-state index contributed by atoms with van der Waals surface area (Å²) in [5.41, 5.74) is 5.90. The van der Waals surface area contributed by atoms with Crippen molar-refractivity contribution in [1.29, 1.82) is 0 Å². The second-order valence-electron chi connectivity index (χ2n) is 4.13. The Morgan fingerprint density at radius 1 is 1.27 bits per heavy atom. The molecule has 15 heavy (non-hydrogen) atoms.